The van der Waals surface area contributed by atoms with Crippen LogP contribution < -0.4 is 5.73 Å². The van der Waals surface area contributed by atoms with Gasteiger partial charge in [0, 0.05) is 29.4 Å². The molecule has 37 heavy (non-hydrogen) atoms. The lowest BCUT2D eigenvalue weighted by Gasteiger charge is -2.14. The number of fused-ring (bicyclic) bond motifs is 1. The number of alkyl halides is 3. The molecule has 0 unspecified atom stereocenters. The first kappa shape index (κ1) is 25.8. The Morgan fingerprint density at radius 3 is 2.19 bits per heavy atom. The number of aliphatic carboxylic acids is 1. The summed E-state index contributed by atoms with van der Waals surface area (Å²) in [6.07, 6.45) is -3.39. The van der Waals surface area contributed by atoms with E-state index in [2.05, 4.69) is 10.4 Å². The molecule has 188 valence electrons. The molecule has 0 saturated carbocycles. The third kappa shape index (κ3) is 5.76. The maximum Gasteiger partial charge on any atom is 0.490 e. The first-order valence-corrected chi connectivity index (χ1v) is 11.8. The van der Waals surface area contributed by atoms with Gasteiger partial charge in [-0.3, -0.25) is 0 Å². The van der Waals surface area contributed by atoms with Crippen LogP contribution in [0.25, 0.3) is 44.4 Å². The third-order valence-electron chi connectivity index (χ3n) is 5.46. The smallest absolute Gasteiger partial charge is 0.490 e. The van der Waals surface area contributed by atoms with Crippen molar-refractivity contribution in [1.29, 1.82) is 0 Å². The summed E-state index contributed by atoms with van der Waals surface area (Å²) >= 11 is 1.62. The largest absolute Gasteiger partial charge is 0.493 e. The second kappa shape index (κ2) is 10.8. The van der Waals surface area contributed by atoms with E-state index in [1.165, 1.54) is 0 Å². The Bertz CT molecular complexity index is 1520. The van der Waals surface area contributed by atoms with Crippen LogP contribution in [0.3, 0.4) is 0 Å². The quantitative estimate of drug-likeness (QED) is 0.248. The Balaban J connectivity index is 0.000000405. The van der Waals surface area contributed by atoms with Gasteiger partial charge >= 0.3 is 12.1 Å². The molecule has 0 aliphatic heterocycles. The van der Waals surface area contributed by atoms with E-state index in [-0.39, 0.29) is 5.88 Å². The van der Waals surface area contributed by atoms with E-state index >= 15 is 0 Å². The van der Waals surface area contributed by atoms with Gasteiger partial charge in [0.2, 0.25) is 5.88 Å². The van der Waals surface area contributed by atoms with Crippen molar-refractivity contribution in [2.45, 2.75) is 12.7 Å². The molecular formula is C27H20F3N3O3S. The molecule has 0 atom stereocenters. The summed E-state index contributed by atoms with van der Waals surface area (Å²) in [5, 5.41) is 22.4. The number of carbonyl (C=O) groups is 1. The zero-order valence-corrected chi connectivity index (χ0v) is 19.9. The van der Waals surface area contributed by atoms with Gasteiger partial charge in [0.05, 0.1) is 16.6 Å². The number of benzene rings is 2. The normalized spacial score (nSPS) is 11.1. The summed E-state index contributed by atoms with van der Waals surface area (Å²) in [4.78, 5) is 18.2. The van der Waals surface area contributed by atoms with Gasteiger partial charge in [-0.15, -0.1) is 0 Å². The first-order chi connectivity index (χ1) is 17.7. The zero-order valence-electron chi connectivity index (χ0n) is 19.1. The van der Waals surface area contributed by atoms with E-state index in [0.29, 0.717) is 11.9 Å². The monoisotopic (exact) mass is 523 g/mol. The van der Waals surface area contributed by atoms with Crippen LogP contribution in [0.4, 0.5) is 13.2 Å². The van der Waals surface area contributed by atoms with E-state index in [1.54, 1.807) is 17.5 Å². The molecule has 2 aromatic carbocycles. The van der Waals surface area contributed by atoms with Gasteiger partial charge in [0.15, 0.2) is 0 Å². The number of nitrogens with zero attached hydrogens (tertiary/aromatic N) is 2. The number of hydrogen-bond donors (Lipinski definition) is 3. The van der Waals surface area contributed by atoms with Crippen molar-refractivity contribution in [3.8, 4) is 39.4 Å². The molecule has 4 N–H and O–H groups in total. The second-order valence-electron chi connectivity index (χ2n) is 7.86. The van der Waals surface area contributed by atoms with Crippen LogP contribution in [0.1, 0.15) is 5.56 Å². The molecule has 3 heterocycles. The third-order valence-corrected chi connectivity index (χ3v) is 6.14. The van der Waals surface area contributed by atoms with Gasteiger partial charge in [-0.05, 0) is 39.6 Å². The molecule has 0 saturated heterocycles. The summed E-state index contributed by atoms with van der Waals surface area (Å²) in [5.41, 5.74) is 13.4. The summed E-state index contributed by atoms with van der Waals surface area (Å²) in [6.45, 7) is 0.499. The van der Waals surface area contributed by atoms with Crippen molar-refractivity contribution in [1.82, 2.24) is 9.97 Å². The average molecular weight is 524 g/mol. The SMILES string of the molecule is NCc1ccc(-c2nc3c(-c4ccsc4)cnc(O)c3cc2-c2ccccc2)cc1.O=C(O)C(F)(F)F. The van der Waals surface area contributed by atoms with Crippen LogP contribution in [-0.4, -0.2) is 32.3 Å². The Hall–Kier alpha value is -4.28. The molecule has 0 aliphatic carbocycles. The lowest BCUT2D eigenvalue weighted by atomic mass is 9.96. The zero-order chi connectivity index (χ0) is 26.6. The highest BCUT2D eigenvalue weighted by atomic mass is 32.1. The van der Waals surface area contributed by atoms with E-state index < -0.39 is 12.1 Å². The van der Waals surface area contributed by atoms with Gasteiger partial charge in [-0.25, -0.2) is 14.8 Å². The molecular weight excluding hydrogens is 503 g/mol. The van der Waals surface area contributed by atoms with Crippen LogP contribution in [-0.2, 0) is 11.3 Å². The minimum absolute atomic E-state index is 0.0151. The van der Waals surface area contributed by atoms with Gasteiger partial charge in [-0.2, -0.15) is 24.5 Å². The second-order valence-corrected chi connectivity index (χ2v) is 8.64. The molecule has 0 fully saturated rings. The number of carboxylic acids is 1. The molecule has 3 aromatic heterocycles. The van der Waals surface area contributed by atoms with Crippen LogP contribution in [0.2, 0.25) is 0 Å². The Morgan fingerprint density at radius 2 is 1.62 bits per heavy atom. The summed E-state index contributed by atoms with van der Waals surface area (Å²) in [7, 11) is 0. The number of carboxylic acid groups (broad SMARTS) is 1. The van der Waals surface area contributed by atoms with Crippen molar-refractivity contribution in [3.63, 3.8) is 0 Å². The molecule has 0 spiro atoms. The van der Waals surface area contributed by atoms with E-state index in [4.69, 9.17) is 20.6 Å². The first-order valence-electron chi connectivity index (χ1n) is 10.9. The molecule has 5 aromatic rings. The highest BCUT2D eigenvalue weighted by Gasteiger charge is 2.38. The van der Waals surface area contributed by atoms with Gasteiger partial charge in [-0.1, -0.05) is 54.6 Å². The maximum absolute atomic E-state index is 10.6. The number of thiophene rings is 1. The van der Waals surface area contributed by atoms with Crippen molar-refractivity contribution in [2.75, 3.05) is 0 Å². The molecule has 0 amide bonds. The highest BCUT2D eigenvalue weighted by Crippen LogP contribution is 2.39. The topological polar surface area (TPSA) is 109 Å². The molecule has 6 nitrogen and oxygen atoms in total. The highest BCUT2D eigenvalue weighted by molar-refractivity contribution is 7.08. The number of nitrogens with two attached hydrogens (primary N) is 1. The fraction of sp³-hybridized carbons (Fsp3) is 0.0741. The molecule has 5 rings (SSSR count). The lowest BCUT2D eigenvalue weighted by molar-refractivity contribution is -0.192. The maximum atomic E-state index is 10.6. The van der Waals surface area contributed by atoms with Crippen molar-refractivity contribution in [3.05, 3.63) is 89.3 Å². The summed E-state index contributed by atoms with van der Waals surface area (Å²) in [5.74, 6) is -2.77. The van der Waals surface area contributed by atoms with Crippen LogP contribution in [0.15, 0.2) is 83.7 Å². The van der Waals surface area contributed by atoms with Gasteiger partial charge in [0.25, 0.3) is 0 Å². The predicted molar refractivity (Wildman–Crippen MR) is 137 cm³/mol. The van der Waals surface area contributed by atoms with Crippen molar-refractivity contribution >= 4 is 28.2 Å². The molecule has 10 heteroatoms. The fourth-order valence-corrected chi connectivity index (χ4v) is 4.29. The molecule has 0 radical (unpaired) electrons. The number of rotatable bonds is 4. The minimum atomic E-state index is -5.08. The number of aromatic hydroxyl groups is 1. The van der Waals surface area contributed by atoms with Crippen LogP contribution >= 0.6 is 11.3 Å². The van der Waals surface area contributed by atoms with E-state index in [1.807, 2.05) is 72.1 Å². The number of hydrogen-bond acceptors (Lipinski definition) is 6. The fourth-order valence-electron chi connectivity index (χ4n) is 3.63. The standard InChI is InChI=1S/C25H19N3OS.C2HF3O2/c26-13-16-6-8-18(9-7-16)23-20(17-4-2-1-3-5-17)12-21-24(28-23)22(14-27-25(21)29)19-10-11-30-15-19;3-2(4,5)1(6)7/h1-12,14-15H,13,26H2,(H,27,29);(H,6,7). The molecule has 0 bridgehead atoms. The van der Waals surface area contributed by atoms with Crippen LogP contribution in [0.5, 0.6) is 5.88 Å². The Morgan fingerprint density at radius 1 is 0.946 bits per heavy atom. The van der Waals surface area contributed by atoms with E-state index in [9.17, 15) is 18.3 Å². The predicted octanol–water partition coefficient (Wildman–Crippen LogP) is 6.49. The van der Waals surface area contributed by atoms with Gasteiger partial charge < -0.3 is 15.9 Å². The summed E-state index contributed by atoms with van der Waals surface area (Å²) < 4.78 is 31.7. The molecule has 0 aliphatic rings. The number of halogens is 3. The average Bonchev–Trinajstić information content (AvgIpc) is 3.43. The minimum Gasteiger partial charge on any atom is -0.493 e. The lowest BCUT2D eigenvalue weighted by Crippen LogP contribution is -2.21. The number of pyridine rings is 2. The van der Waals surface area contributed by atoms with Gasteiger partial charge in [0.1, 0.15) is 0 Å². The summed E-state index contributed by atoms with van der Waals surface area (Å²) in [6, 6.07) is 22.3. The van der Waals surface area contributed by atoms with Crippen molar-refractivity contribution in [2.24, 2.45) is 5.73 Å². The van der Waals surface area contributed by atoms with Crippen molar-refractivity contribution < 1.29 is 28.2 Å². The Labute approximate surface area is 213 Å². The number of aromatic nitrogens is 2. The van der Waals surface area contributed by atoms with Crippen LogP contribution in [0, 0.1) is 0 Å². The van der Waals surface area contributed by atoms with E-state index in [0.717, 1.165) is 44.6 Å². The Kier molecular flexibility index (Phi) is 7.51.